The van der Waals surface area contributed by atoms with E-state index in [1.807, 2.05) is 38.1 Å². The second-order valence-electron chi connectivity index (χ2n) is 7.21. The second-order valence-corrected chi connectivity index (χ2v) is 7.60. The van der Waals surface area contributed by atoms with Crippen LogP contribution in [0.1, 0.15) is 51.6 Å². The van der Waals surface area contributed by atoms with Gasteiger partial charge >= 0.3 is 0 Å². The molecule has 1 amide bonds. The molecular formula is C22H26N4O3S. The first-order chi connectivity index (χ1) is 14.4. The third-order valence-corrected chi connectivity index (χ3v) is 5.56. The van der Waals surface area contributed by atoms with Crippen molar-refractivity contribution in [3.05, 3.63) is 61.2 Å². The number of carbonyl (C=O) groups is 1. The van der Waals surface area contributed by atoms with Gasteiger partial charge in [0, 0.05) is 24.2 Å². The summed E-state index contributed by atoms with van der Waals surface area (Å²) in [5.41, 5.74) is 1.16. The number of rotatable bonds is 7. The lowest BCUT2D eigenvalue weighted by Crippen LogP contribution is -2.26. The highest BCUT2D eigenvalue weighted by molar-refractivity contribution is 7.71. The highest BCUT2D eigenvalue weighted by Crippen LogP contribution is 2.26. The van der Waals surface area contributed by atoms with Crippen LogP contribution in [0.5, 0.6) is 5.88 Å². The normalized spacial score (nSPS) is 15.0. The minimum Gasteiger partial charge on any atom is -0.494 e. The van der Waals surface area contributed by atoms with Crippen molar-refractivity contribution in [1.29, 1.82) is 0 Å². The maximum atomic E-state index is 12.6. The van der Waals surface area contributed by atoms with Gasteiger partial charge < -0.3 is 10.4 Å². The third kappa shape index (κ3) is 4.28. The average Bonchev–Trinajstić information content (AvgIpc) is 3.07. The predicted octanol–water partition coefficient (Wildman–Crippen LogP) is 2.32. The molecule has 0 saturated carbocycles. The second kappa shape index (κ2) is 9.21. The Morgan fingerprint density at radius 2 is 2.10 bits per heavy atom. The van der Waals surface area contributed by atoms with Gasteiger partial charge in [0.15, 0.2) is 4.77 Å². The molecule has 0 aliphatic carbocycles. The molecule has 0 saturated heterocycles. The number of aromatic hydroxyl groups is 1. The van der Waals surface area contributed by atoms with Gasteiger partial charge in [-0.2, -0.15) is 0 Å². The molecule has 0 bridgehead atoms. The van der Waals surface area contributed by atoms with Gasteiger partial charge in [0.1, 0.15) is 5.56 Å². The molecule has 3 rings (SSSR count). The van der Waals surface area contributed by atoms with Crippen molar-refractivity contribution < 1.29 is 9.90 Å². The van der Waals surface area contributed by atoms with E-state index >= 15 is 0 Å². The monoisotopic (exact) mass is 426 g/mol. The zero-order chi connectivity index (χ0) is 21.8. The number of H-pyrrole nitrogens is 1. The van der Waals surface area contributed by atoms with Gasteiger partial charge in [0.05, 0.1) is 11.1 Å². The number of nitrogens with one attached hydrogen (secondary N) is 2. The van der Waals surface area contributed by atoms with E-state index in [9.17, 15) is 14.7 Å². The first-order valence-electron chi connectivity index (χ1n) is 10.1. The van der Waals surface area contributed by atoms with Crippen molar-refractivity contribution >= 4 is 29.8 Å². The summed E-state index contributed by atoms with van der Waals surface area (Å²) in [5, 5.41) is 15.4. The fourth-order valence-corrected chi connectivity index (χ4v) is 3.77. The van der Waals surface area contributed by atoms with E-state index in [2.05, 4.69) is 15.3 Å². The SMILES string of the molecule is CCC(=O)NCCC1=c2ccccc2=N/C1=C\c1c(O)n(C(C)CC)c(=S)[nH]c1=O. The van der Waals surface area contributed by atoms with Crippen LogP contribution in [0.15, 0.2) is 39.7 Å². The summed E-state index contributed by atoms with van der Waals surface area (Å²) in [6, 6.07) is 7.62. The Hall–Kier alpha value is -3.00. The van der Waals surface area contributed by atoms with Crippen LogP contribution in [0.4, 0.5) is 0 Å². The number of benzene rings is 1. The molecule has 2 aromatic rings. The van der Waals surface area contributed by atoms with Crippen LogP contribution >= 0.6 is 12.2 Å². The number of hydrogen-bond acceptors (Lipinski definition) is 5. The molecule has 1 unspecified atom stereocenters. The topological polar surface area (TPSA) is 99.5 Å². The maximum Gasteiger partial charge on any atom is 0.262 e. The lowest BCUT2D eigenvalue weighted by atomic mass is 10.1. The summed E-state index contributed by atoms with van der Waals surface area (Å²) < 4.78 is 1.74. The van der Waals surface area contributed by atoms with E-state index < -0.39 is 5.56 Å². The van der Waals surface area contributed by atoms with E-state index in [4.69, 9.17) is 12.2 Å². The number of amides is 1. The first kappa shape index (κ1) is 21.7. The van der Waals surface area contributed by atoms with Gasteiger partial charge in [-0.1, -0.05) is 32.0 Å². The molecule has 158 valence electrons. The van der Waals surface area contributed by atoms with Gasteiger partial charge in [-0.25, -0.2) is 4.99 Å². The third-order valence-electron chi connectivity index (χ3n) is 5.26. The Kier molecular flexibility index (Phi) is 6.66. The smallest absolute Gasteiger partial charge is 0.262 e. The Balaban J connectivity index is 2.11. The van der Waals surface area contributed by atoms with E-state index in [1.165, 1.54) is 0 Å². The summed E-state index contributed by atoms with van der Waals surface area (Å²) >= 11 is 5.24. The fraction of sp³-hybridized carbons (Fsp3) is 0.364. The van der Waals surface area contributed by atoms with Gasteiger partial charge in [-0.15, -0.1) is 0 Å². The highest BCUT2D eigenvalue weighted by atomic mass is 32.1. The molecule has 0 fully saturated rings. The summed E-state index contributed by atoms with van der Waals surface area (Å²) in [6.07, 6.45) is 3.32. The van der Waals surface area contributed by atoms with Crippen LogP contribution in [0.3, 0.4) is 0 Å². The van der Waals surface area contributed by atoms with Crippen molar-refractivity contribution in [2.24, 2.45) is 4.99 Å². The van der Waals surface area contributed by atoms with E-state index in [0.717, 1.165) is 22.6 Å². The fourth-order valence-electron chi connectivity index (χ4n) is 3.41. The number of aromatic amines is 1. The molecule has 0 radical (unpaired) electrons. The standard InChI is InChI=1S/C22H26N4O3S/c1-4-13(3)26-21(29)16(20(28)25-22(26)30)12-18-15(10-11-23-19(27)5-2)14-8-6-7-9-17(14)24-18/h6-9,12-13,29H,4-5,10-11H2,1-3H3,(H,23,27)(H,25,28,30)/b18-12-. The number of carbonyl (C=O) groups excluding carboxylic acids is 1. The molecule has 1 aromatic heterocycles. The Morgan fingerprint density at radius 1 is 1.37 bits per heavy atom. The van der Waals surface area contributed by atoms with Gasteiger partial charge in [0.2, 0.25) is 11.8 Å². The quantitative estimate of drug-likeness (QED) is 0.592. The Bertz CT molecular complexity index is 1240. The van der Waals surface area contributed by atoms with Crippen molar-refractivity contribution in [3.63, 3.8) is 0 Å². The van der Waals surface area contributed by atoms with Gasteiger partial charge in [-0.3, -0.25) is 19.1 Å². The molecule has 1 aliphatic heterocycles. The minimum atomic E-state index is -0.464. The van der Waals surface area contributed by atoms with Crippen molar-refractivity contribution in [2.75, 3.05) is 6.54 Å². The van der Waals surface area contributed by atoms with E-state index in [1.54, 1.807) is 17.6 Å². The lowest BCUT2D eigenvalue weighted by molar-refractivity contribution is -0.120. The lowest BCUT2D eigenvalue weighted by Gasteiger charge is -2.17. The number of allylic oxidation sites excluding steroid dienone is 1. The predicted molar refractivity (Wildman–Crippen MR) is 119 cm³/mol. The molecule has 1 atom stereocenters. The number of fused-ring (bicyclic) bond motifs is 1. The molecule has 7 nitrogen and oxygen atoms in total. The van der Waals surface area contributed by atoms with Crippen LogP contribution < -0.4 is 21.5 Å². The van der Waals surface area contributed by atoms with E-state index in [0.29, 0.717) is 25.1 Å². The molecule has 30 heavy (non-hydrogen) atoms. The zero-order valence-electron chi connectivity index (χ0n) is 17.4. The van der Waals surface area contributed by atoms with Crippen LogP contribution in [-0.4, -0.2) is 27.1 Å². The van der Waals surface area contributed by atoms with Crippen LogP contribution in [-0.2, 0) is 4.79 Å². The summed E-state index contributed by atoms with van der Waals surface area (Å²) in [7, 11) is 0. The minimum absolute atomic E-state index is 0.0194. The summed E-state index contributed by atoms with van der Waals surface area (Å²) in [4.78, 5) is 31.5. The number of hydrogen-bond donors (Lipinski definition) is 3. The van der Waals surface area contributed by atoms with Crippen molar-refractivity contribution in [3.8, 4) is 5.88 Å². The Labute approximate surface area is 179 Å². The first-order valence-corrected chi connectivity index (χ1v) is 10.5. The molecule has 0 spiro atoms. The van der Waals surface area contributed by atoms with Crippen LogP contribution in [0, 0.1) is 4.77 Å². The molecule has 1 aromatic carbocycles. The molecule has 3 N–H and O–H groups in total. The molecule has 2 heterocycles. The van der Waals surface area contributed by atoms with Crippen LogP contribution in [0.25, 0.3) is 11.6 Å². The highest BCUT2D eigenvalue weighted by Gasteiger charge is 2.18. The van der Waals surface area contributed by atoms with Crippen molar-refractivity contribution in [1.82, 2.24) is 14.9 Å². The average molecular weight is 427 g/mol. The number of aromatic nitrogens is 2. The van der Waals surface area contributed by atoms with Crippen molar-refractivity contribution in [2.45, 2.75) is 46.1 Å². The molecular weight excluding hydrogens is 400 g/mol. The largest absolute Gasteiger partial charge is 0.494 e. The number of nitrogens with zero attached hydrogens (tertiary/aromatic N) is 2. The zero-order valence-corrected chi connectivity index (χ0v) is 18.2. The van der Waals surface area contributed by atoms with E-state index in [-0.39, 0.29) is 28.2 Å². The van der Waals surface area contributed by atoms with Gasteiger partial charge in [-0.05, 0) is 49.7 Å². The summed E-state index contributed by atoms with van der Waals surface area (Å²) in [6.45, 7) is 6.17. The Morgan fingerprint density at radius 3 is 2.80 bits per heavy atom. The molecule has 1 aliphatic rings. The summed E-state index contributed by atoms with van der Waals surface area (Å²) in [5.74, 6) is -0.190. The van der Waals surface area contributed by atoms with Gasteiger partial charge in [0.25, 0.3) is 5.56 Å². The number of para-hydroxylation sites is 1. The van der Waals surface area contributed by atoms with Crippen LogP contribution in [0.2, 0.25) is 0 Å². The molecule has 8 heteroatoms. The maximum absolute atomic E-state index is 12.6.